The molecule has 0 aromatic rings. The van der Waals surface area contributed by atoms with Crippen molar-refractivity contribution in [1.82, 2.24) is 0 Å². The molecule has 5 heteroatoms. The third kappa shape index (κ3) is 2.45. The number of carbonyl (C=O) groups excluding carboxylic acids is 2. The van der Waals surface area contributed by atoms with Gasteiger partial charge in [-0.25, -0.2) is 0 Å². The van der Waals surface area contributed by atoms with Crippen LogP contribution in [0.25, 0.3) is 0 Å². The second-order valence-corrected chi connectivity index (χ2v) is 3.96. The van der Waals surface area contributed by atoms with Gasteiger partial charge in [0.15, 0.2) is 0 Å². The summed E-state index contributed by atoms with van der Waals surface area (Å²) in [5.74, 6) is -0.868. The number of esters is 2. The van der Waals surface area contributed by atoms with E-state index in [0.29, 0.717) is 0 Å². The first-order valence-electron chi connectivity index (χ1n) is 4.43. The van der Waals surface area contributed by atoms with Gasteiger partial charge in [0.2, 0.25) is 0 Å². The monoisotopic (exact) mass is 202 g/mol. The summed E-state index contributed by atoms with van der Waals surface area (Å²) in [6.45, 7) is 2.99. The van der Waals surface area contributed by atoms with Crippen LogP contribution in [0.2, 0.25) is 0 Å². The number of aliphatic hydroxyl groups excluding tert-OH is 1. The molecule has 80 valence electrons. The van der Waals surface area contributed by atoms with Gasteiger partial charge >= 0.3 is 11.9 Å². The highest BCUT2D eigenvalue weighted by Crippen LogP contribution is 2.19. The first-order valence-corrected chi connectivity index (χ1v) is 4.43. The normalized spacial score (nSPS) is 21.9. The van der Waals surface area contributed by atoms with Crippen molar-refractivity contribution in [2.45, 2.75) is 26.4 Å². The smallest absolute Gasteiger partial charge is 0.314 e. The molecule has 1 saturated heterocycles. The van der Waals surface area contributed by atoms with Crippen molar-refractivity contribution in [1.29, 1.82) is 0 Å². The Hall–Kier alpha value is -1.10. The topological polar surface area (TPSA) is 72.8 Å². The number of carbonyl (C=O) groups is 2. The average Bonchev–Trinajstić information content (AvgIpc) is 2.51. The maximum absolute atomic E-state index is 11.4. The molecule has 5 nitrogen and oxygen atoms in total. The number of hydrogen-bond donors (Lipinski definition) is 1. The Kier molecular flexibility index (Phi) is 3.10. The molecule has 0 saturated carbocycles. The molecule has 0 bridgehead atoms. The van der Waals surface area contributed by atoms with Crippen LogP contribution in [-0.4, -0.2) is 36.4 Å². The second-order valence-electron chi connectivity index (χ2n) is 3.96. The van der Waals surface area contributed by atoms with Gasteiger partial charge in [-0.05, 0) is 13.8 Å². The molecular weight excluding hydrogens is 188 g/mol. The van der Waals surface area contributed by atoms with Crippen LogP contribution in [0.5, 0.6) is 0 Å². The predicted molar refractivity (Wildman–Crippen MR) is 46.3 cm³/mol. The van der Waals surface area contributed by atoms with Crippen LogP contribution in [0, 0.1) is 5.41 Å². The predicted octanol–water partition coefficient (Wildman–Crippen LogP) is -0.136. The number of aliphatic hydroxyl groups is 1. The quantitative estimate of drug-likeness (QED) is 0.645. The molecule has 1 fully saturated rings. The first-order chi connectivity index (χ1) is 6.45. The molecule has 1 N–H and O–H groups in total. The molecule has 0 radical (unpaired) electrons. The van der Waals surface area contributed by atoms with E-state index in [1.807, 2.05) is 0 Å². The standard InChI is InChI=1S/C9H14O5/c1-9(2,5-10)8(12)14-6-3-7(11)13-4-6/h6,10H,3-5H2,1-2H3. The number of cyclic esters (lactones) is 1. The lowest BCUT2D eigenvalue weighted by Crippen LogP contribution is -2.33. The van der Waals surface area contributed by atoms with Gasteiger partial charge in [-0.15, -0.1) is 0 Å². The Morgan fingerprint density at radius 1 is 1.71 bits per heavy atom. The van der Waals surface area contributed by atoms with Crippen LogP contribution < -0.4 is 0 Å². The van der Waals surface area contributed by atoms with E-state index in [0.717, 1.165) is 0 Å². The van der Waals surface area contributed by atoms with Gasteiger partial charge in [-0.3, -0.25) is 9.59 Å². The summed E-state index contributed by atoms with van der Waals surface area (Å²) >= 11 is 0. The van der Waals surface area contributed by atoms with Crippen LogP contribution in [0.15, 0.2) is 0 Å². The average molecular weight is 202 g/mol. The summed E-state index contributed by atoms with van der Waals surface area (Å²) < 4.78 is 9.63. The van der Waals surface area contributed by atoms with E-state index in [1.54, 1.807) is 13.8 Å². The van der Waals surface area contributed by atoms with Crippen LogP contribution in [0.1, 0.15) is 20.3 Å². The highest BCUT2D eigenvalue weighted by molar-refractivity contribution is 5.77. The Morgan fingerprint density at radius 2 is 2.36 bits per heavy atom. The third-order valence-corrected chi connectivity index (χ3v) is 2.05. The van der Waals surface area contributed by atoms with Gasteiger partial charge in [0, 0.05) is 0 Å². The van der Waals surface area contributed by atoms with E-state index in [2.05, 4.69) is 4.74 Å². The lowest BCUT2D eigenvalue weighted by atomic mass is 9.95. The van der Waals surface area contributed by atoms with E-state index >= 15 is 0 Å². The van der Waals surface area contributed by atoms with Gasteiger partial charge in [0.05, 0.1) is 18.4 Å². The first kappa shape index (κ1) is 11.0. The highest BCUT2D eigenvalue weighted by Gasteiger charge is 2.34. The summed E-state index contributed by atoms with van der Waals surface area (Å²) in [5.41, 5.74) is -0.925. The fourth-order valence-electron chi connectivity index (χ4n) is 0.941. The van der Waals surface area contributed by atoms with Crippen LogP contribution in [0.4, 0.5) is 0 Å². The van der Waals surface area contributed by atoms with Gasteiger partial charge in [-0.2, -0.15) is 0 Å². The van der Waals surface area contributed by atoms with E-state index < -0.39 is 17.5 Å². The van der Waals surface area contributed by atoms with E-state index in [-0.39, 0.29) is 25.6 Å². The molecule has 1 aliphatic heterocycles. The molecule has 0 amide bonds. The van der Waals surface area contributed by atoms with E-state index in [9.17, 15) is 9.59 Å². The molecule has 0 aromatic carbocycles. The van der Waals surface area contributed by atoms with Crippen molar-refractivity contribution in [3.63, 3.8) is 0 Å². The molecule has 1 atom stereocenters. The molecular formula is C9H14O5. The fraction of sp³-hybridized carbons (Fsp3) is 0.778. The number of ether oxygens (including phenoxy) is 2. The minimum atomic E-state index is -0.925. The van der Waals surface area contributed by atoms with Gasteiger partial charge < -0.3 is 14.6 Å². The van der Waals surface area contributed by atoms with Crippen LogP contribution in [-0.2, 0) is 19.1 Å². The lowest BCUT2D eigenvalue weighted by molar-refractivity contribution is -0.161. The minimum Gasteiger partial charge on any atom is -0.462 e. The maximum atomic E-state index is 11.4. The van der Waals surface area contributed by atoms with Gasteiger partial charge in [0.1, 0.15) is 12.7 Å². The van der Waals surface area contributed by atoms with Crippen molar-refractivity contribution >= 4 is 11.9 Å². The van der Waals surface area contributed by atoms with Crippen molar-refractivity contribution < 1.29 is 24.2 Å². The van der Waals surface area contributed by atoms with Gasteiger partial charge in [0.25, 0.3) is 0 Å². The van der Waals surface area contributed by atoms with Gasteiger partial charge in [-0.1, -0.05) is 0 Å². The second kappa shape index (κ2) is 3.96. The van der Waals surface area contributed by atoms with Crippen molar-refractivity contribution in [2.24, 2.45) is 5.41 Å². The summed E-state index contributed by atoms with van der Waals surface area (Å²) in [7, 11) is 0. The molecule has 0 aliphatic carbocycles. The van der Waals surface area contributed by atoms with Crippen molar-refractivity contribution in [3.8, 4) is 0 Å². The Balaban J connectivity index is 2.45. The minimum absolute atomic E-state index is 0.104. The molecule has 1 rings (SSSR count). The zero-order chi connectivity index (χ0) is 10.8. The zero-order valence-corrected chi connectivity index (χ0v) is 8.28. The molecule has 14 heavy (non-hydrogen) atoms. The largest absolute Gasteiger partial charge is 0.462 e. The fourth-order valence-corrected chi connectivity index (χ4v) is 0.941. The number of rotatable bonds is 3. The van der Waals surface area contributed by atoms with E-state index in [4.69, 9.17) is 9.84 Å². The van der Waals surface area contributed by atoms with Crippen molar-refractivity contribution in [3.05, 3.63) is 0 Å². The highest BCUT2D eigenvalue weighted by atomic mass is 16.6. The van der Waals surface area contributed by atoms with Crippen LogP contribution >= 0.6 is 0 Å². The molecule has 0 spiro atoms. The van der Waals surface area contributed by atoms with Crippen molar-refractivity contribution in [2.75, 3.05) is 13.2 Å². The molecule has 1 unspecified atom stereocenters. The van der Waals surface area contributed by atoms with Crippen LogP contribution in [0.3, 0.4) is 0 Å². The Morgan fingerprint density at radius 3 is 2.79 bits per heavy atom. The SMILES string of the molecule is CC(C)(CO)C(=O)OC1COC(=O)C1. The summed E-state index contributed by atoms with van der Waals surface area (Å²) in [5, 5.41) is 8.89. The summed E-state index contributed by atoms with van der Waals surface area (Å²) in [6, 6.07) is 0. The zero-order valence-electron chi connectivity index (χ0n) is 8.28. The maximum Gasteiger partial charge on any atom is 0.314 e. The van der Waals surface area contributed by atoms with E-state index in [1.165, 1.54) is 0 Å². The molecule has 0 aromatic heterocycles. The Bertz CT molecular complexity index is 246. The lowest BCUT2D eigenvalue weighted by Gasteiger charge is -2.21. The summed E-state index contributed by atoms with van der Waals surface area (Å²) in [6.07, 6.45) is -0.395. The Labute approximate surface area is 82.0 Å². The molecule has 1 heterocycles. The summed E-state index contributed by atoms with van der Waals surface area (Å²) in [4.78, 5) is 22.1. The molecule has 1 aliphatic rings. The third-order valence-electron chi connectivity index (χ3n) is 2.05. The number of hydrogen-bond acceptors (Lipinski definition) is 5.